The molecule has 1 N–H and O–H groups in total. The first kappa shape index (κ1) is 20.8. The number of rotatable bonds is 5. The van der Waals surface area contributed by atoms with E-state index in [0.29, 0.717) is 11.1 Å². The van der Waals surface area contributed by atoms with Gasteiger partial charge >= 0.3 is 6.18 Å². The van der Waals surface area contributed by atoms with Gasteiger partial charge in [-0.25, -0.2) is 9.07 Å². The third kappa shape index (κ3) is 4.42. The third-order valence-electron chi connectivity index (χ3n) is 3.66. The van der Waals surface area contributed by atoms with Crippen molar-refractivity contribution in [3.63, 3.8) is 0 Å². The number of halogens is 5. The van der Waals surface area contributed by atoms with Gasteiger partial charge in [-0.1, -0.05) is 10.4 Å². The Balaban J connectivity index is 0.00000261. The number of hydrogen-bond donors (Lipinski definition) is 1. The highest BCUT2D eigenvalue weighted by Gasteiger charge is 2.42. The van der Waals surface area contributed by atoms with Crippen LogP contribution in [0.4, 0.5) is 17.6 Å². The van der Waals surface area contributed by atoms with Gasteiger partial charge < -0.3 is 9.84 Å². The van der Waals surface area contributed by atoms with Gasteiger partial charge in [-0.15, -0.1) is 17.5 Å². The van der Waals surface area contributed by atoms with Crippen LogP contribution in [0.25, 0.3) is 17.3 Å². The van der Waals surface area contributed by atoms with Crippen LogP contribution in [0, 0.1) is 5.82 Å². The van der Waals surface area contributed by atoms with Gasteiger partial charge in [0.2, 0.25) is 0 Å². The highest BCUT2D eigenvalue weighted by Crippen LogP contribution is 2.36. The van der Waals surface area contributed by atoms with Crippen molar-refractivity contribution in [2.45, 2.75) is 25.6 Å². The molecule has 0 radical (unpaired) electrons. The van der Waals surface area contributed by atoms with Crippen LogP contribution < -0.4 is 5.32 Å². The second-order valence-electron chi connectivity index (χ2n) is 5.58. The average molecular weight is 407 g/mol. The second-order valence-corrected chi connectivity index (χ2v) is 5.58. The normalized spacial score (nSPS) is 12.7. The minimum atomic E-state index is -4.79. The molecule has 0 bridgehead atoms. The molecule has 0 saturated heterocycles. The van der Waals surface area contributed by atoms with E-state index in [2.05, 4.69) is 25.8 Å². The quantitative estimate of drug-likeness (QED) is 0.656. The fourth-order valence-electron chi connectivity index (χ4n) is 2.25. The Kier molecular flexibility index (Phi) is 6.16. The minimum Gasteiger partial charge on any atom is -0.332 e. The monoisotopic (exact) mass is 406 g/mol. The van der Waals surface area contributed by atoms with E-state index in [1.807, 2.05) is 6.92 Å². The fraction of sp³-hybridized carbons (Fsp3) is 0.333. The summed E-state index contributed by atoms with van der Waals surface area (Å²) in [5.74, 6) is -0.724. The van der Waals surface area contributed by atoms with Crippen LogP contribution in [0.15, 0.2) is 28.8 Å². The molecule has 146 valence electrons. The molecule has 1 aromatic carbocycles. The standard InChI is InChI=1S/C15H14F4N6O.ClH/c1-8(20-2)7-11-21-14(26-23-11)12-13(15(17,18)19)25(24-22-12)10-5-3-9(16)4-6-10;/h3-6,8,20H,7H2,1-2H3;1H. The molecule has 3 aromatic rings. The van der Waals surface area contributed by atoms with E-state index in [9.17, 15) is 17.6 Å². The maximum absolute atomic E-state index is 13.6. The van der Waals surface area contributed by atoms with Crippen LogP contribution in [0.1, 0.15) is 18.4 Å². The van der Waals surface area contributed by atoms with E-state index >= 15 is 0 Å². The molecule has 2 heterocycles. The van der Waals surface area contributed by atoms with Gasteiger partial charge in [0.25, 0.3) is 5.89 Å². The number of aromatic nitrogens is 5. The summed E-state index contributed by atoms with van der Waals surface area (Å²) in [4.78, 5) is 3.97. The maximum atomic E-state index is 13.6. The van der Waals surface area contributed by atoms with Crippen molar-refractivity contribution in [2.75, 3.05) is 7.05 Å². The van der Waals surface area contributed by atoms with Gasteiger partial charge in [-0.05, 0) is 38.2 Å². The van der Waals surface area contributed by atoms with E-state index in [1.54, 1.807) is 7.05 Å². The first-order valence-corrected chi connectivity index (χ1v) is 7.58. The molecule has 0 fully saturated rings. The molecule has 2 aromatic heterocycles. The van der Waals surface area contributed by atoms with E-state index in [-0.39, 0.29) is 35.9 Å². The molecule has 1 unspecified atom stereocenters. The van der Waals surface area contributed by atoms with E-state index < -0.39 is 23.4 Å². The lowest BCUT2D eigenvalue weighted by Gasteiger charge is -2.10. The summed E-state index contributed by atoms with van der Waals surface area (Å²) in [5, 5.41) is 13.7. The van der Waals surface area contributed by atoms with Crippen LogP contribution in [-0.2, 0) is 12.6 Å². The molecule has 27 heavy (non-hydrogen) atoms. The zero-order valence-electron chi connectivity index (χ0n) is 14.2. The van der Waals surface area contributed by atoms with E-state index in [1.165, 1.54) is 0 Å². The van der Waals surface area contributed by atoms with Crippen LogP contribution >= 0.6 is 12.4 Å². The fourth-order valence-corrected chi connectivity index (χ4v) is 2.25. The summed E-state index contributed by atoms with van der Waals surface area (Å²) in [6.45, 7) is 1.86. The highest BCUT2D eigenvalue weighted by atomic mass is 35.5. The molecular weight excluding hydrogens is 392 g/mol. The SMILES string of the molecule is CNC(C)Cc1noc(-c2nnn(-c3ccc(F)cc3)c2C(F)(F)F)n1.Cl. The number of nitrogens with zero attached hydrogens (tertiary/aromatic N) is 5. The van der Waals surface area contributed by atoms with Crippen molar-refractivity contribution in [2.24, 2.45) is 0 Å². The van der Waals surface area contributed by atoms with Crippen molar-refractivity contribution in [1.29, 1.82) is 0 Å². The minimum absolute atomic E-state index is 0. The third-order valence-corrected chi connectivity index (χ3v) is 3.66. The predicted octanol–water partition coefficient (Wildman–Crippen LogP) is 3.05. The number of likely N-dealkylation sites (N-methyl/N-ethyl adjacent to an activating group) is 1. The van der Waals surface area contributed by atoms with E-state index in [4.69, 9.17) is 4.52 Å². The largest absolute Gasteiger partial charge is 0.435 e. The Hall–Kier alpha value is -2.53. The molecule has 3 rings (SSSR count). The second kappa shape index (κ2) is 8.01. The molecule has 0 saturated carbocycles. The number of alkyl halides is 3. The van der Waals surface area contributed by atoms with Crippen molar-refractivity contribution < 1.29 is 22.1 Å². The molecule has 1 atom stereocenters. The molecule has 0 spiro atoms. The summed E-state index contributed by atoms with van der Waals surface area (Å²) in [7, 11) is 1.74. The average Bonchev–Trinajstić information content (AvgIpc) is 3.21. The van der Waals surface area contributed by atoms with Crippen molar-refractivity contribution >= 4 is 12.4 Å². The Bertz CT molecular complexity index is 893. The van der Waals surface area contributed by atoms with Gasteiger partial charge in [-0.2, -0.15) is 18.2 Å². The molecular formula is C15H15ClF4N6O. The summed E-state index contributed by atoms with van der Waals surface area (Å²) < 4.78 is 59.3. The van der Waals surface area contributed by atoms with Gasteiger partial charge in [0.15, 0.2) is 17.2 Å². The van der Waals surface area contributed by atoms with Gasteiger partial charge in [-0.3, -0.25) is 0 Å². The predicted molar refractivity (Wildman–Crippen MR) is 89.1 cm³/mol. The Labute approximate surface area is 157 Å². The number of nitrogens with one attached hydrogen (secondary N) is 1. The molecule has 0 aliphatic heterocycles. The lowest BCUT2D eigenvalue weighted by molar-refractivity contribution is -0.142. The number of benzene rings is 1. The Morgan fingerprint density at radius 2 is 1.89 bits per heavy atom. The molecule has 0 aliphatic carbocycles. The molecule has 0 amide bonds. The first-order chi connectivity index (χ1) is 12.3. The van der Waals surface area contributed by atoms with Crippen molar-refractivity contribution in [1.82, 2.24) is 30.5 Å². The van der Waals surface area contributed by atoms with Gasteiger partial charge in [0, 0.05) is 12.5 Å². The van der Waals surface area contributed by atoms with Crippen LogP contribution in [-0.4, -0.2) is 38.2 Å². The Morgan fingerprint density at radius 3 is 2.48 bits per heavy atom. The summed E-state index contributed by atoms with van der Waals surface area (Å²) in [6, 6.07) is 4.40. The molecule has 7 nitrogen and oxygen atoms in total. The summed E-state index contributed by atoms with van der Waals surface area (Å²) in [5.41, 5.74) is -1.76. The van der Waals surface area contributed by atoms with Gasteiger partial charge in [0.05, 0.1) is 5.69 Å². The molecule has 0 aliphatic rings. The number of hydrogen-bond acceptors (Lipinski definition) is 6. The topological polar surface area (TPSA) is 81.7 Å². The molecule has 12 heteroatoms. The maximum Gasteiger partial charge on any atom is 0.435 e. The summed E-state index contributed by atoms with van der Waals surface area (Å²) >= 11 is 0. The Morgan fingerprint density at radius 1 is 1.22 bits per heavy atom. The summed E-state index contributed by atoms with van der Waals surface area (Å²) in [6.07, 6.45) is -4.42. The van der Waals surface area contributed by atoms with Gasteiger partial charge in [0.1, 0.15) is 5.82 Å². The zero-order valence-corrected chi connectivity index (χ0v) is 15.0. The smallest absolute Gasteiger partial charge is 0.332 e. The van der Waals surface area contributed by atoms with Crippen LogP contribution in [0.2, 0.25) is 0 Å². The lowest BCUT2D eigenvalue weighted by atomic mass is 10.2. The van der Waals surface area contributed by atoms with Crippen LogP contribution in [0.5, 0.6) is 0 Å². The van der Waals surface area contributed by atoms with E-state index in [0.717, 1.165) is 24.3 Å². The van der Waals surface area contributed by atoms with Crippen molar-refractivity contribution in [3.05, 3.63) is 41.6 Å². The lowest BCUT2D eigenvalue weighted by Crippen LogP contribution is -2.24. The zero-order chi connectivity index (χ0) is 18.9. The van der Waals surface area contributed by atoms with Crippen molar-refractivity contribution in [3.8, 4) is 17.3 Å². The first-order valence-electron chi connectivity index (χ1n) is 7.58. The van der Waals surface area contributed by atoms with Crippen LogP contribution in [0.3, 0.4) is 0 Å². The highest BCUT2D eigenvalue weighted by molar-refractivity contribution is 5.85.